The van der Waals surface area contributed by atoms with Gasteiger partial charge in [0.25, 0.3) is 0 Å². The van der Waals surface area contributed by atoms with Gasteiger partial charge in [-0.2, -0.15) is 0 Å². The molecule has 0 atom stereocenters. The van der Waals surface area contributed by atoms with Gasteiger partial charge >= 0.3 is 0 Å². The number of amides is 1. The summed E-state index contributed by atoms with van der Waals surface area (Å²) >= 11 is 0. The summed E-state index contributed by atoms with van der Waals surface area (Å²) in [6.07, 6.45) is 8.29. The van der Waals surface area contributed by atoms with Crippen molar-refractivity contribution in [3.8, 4) is 0 Å². The molecule has 2 heterocycles. The molecule has 1 aromatic rings. The van der Waals surface area contributed by atoms with E-state index in [4.69, 9.17) is 5.73 Å². The molecule has 3 N–H and O–H groups in total. The van der Waals surface area contributed by atoms with E-state index in [2.05, 4.69) is 15.2 Å². The Morgan fingerprint density at radius 1 is 1.27 bits per heavy atom. The summed E-state index contributed by atoms with van der Waals surface area (Å²) in [5.74, 6) is 1.86. The zero-order valence-corrected chi connectivity index (χ0v) is 13.1. The van der Waals surface area contributed by atoms with Crippen LogP contribution in [0.1, 0.15) is 38.5 Å². The van der Waals surface area contributed by atoms with Crippen LogP contribution in [-0.4, -0.2) is 30.5 Å². The normalized spacial score (nSPS) is 25.2. The number of nitrogens with zero attached hydrogens (tertiary/aromatic N) is 2. The highest BCUT2D eigenvalue weighted by Crippen LogP contribution is 2.29. The Hall–Kier alpha value is -1.62. The van der Waals surface area contributed by atoms with Crippen molar-refractivity contribution in [1.29, 1.82) is 0 Å². The van der Waals surface area contributed by atoms with Gasteiger partial charge in [-0.3, -0.25) is 4.79 Å². The van der Waals surface area contributed by atoms with Crippen LogP contribution in [0.2, 0.25) is 0 Å². The highest BCUT2D eigenvalue weighted by molar-refractivity contribution is 5.92. The Labute approximate surface area is 132 Å². The SMILES string of the molecule is NCC1CCC(C(=O)Nc2ccnc(N3CCCC3)c2)CC1. The monoisotopic (exact) mass is 302 g/mol. The maximum Gasteiger partial charge on any atom is 0.227 e. The minimum Gasteiger partial charge on any atom is -0.357 e. The second-order valence-corrected chi connectivity index (χ2v) is 6.54. The molecule has 0 bridgehead atoms. The van der Waals surface area contributed by atoms with E-state index in [1.165, 1.54) is 12.8 Å². The van der Waals surface area contributed by atoms with Crippen LogP contribution >= 0.6 is 0 Å². The molecular formula is C17H26N4O. The molecule has 2 aliphatic rings. The van der Waals surface area contributed by atoms with Crippen LogP contribution in [-0.2, 0) is 4.79 Å². The number of pyridine rings is 1. The number of carbonyl (C=O) groups excluding carboxylic acids is 1. The highest BCUT2D eigenvalue weighted by Gasteiger charge is 2.25. The molecule has 120 valence electrons. The van der Waals surface area contributed by atoms with Crippen molar-refractivity contribution in [2.45, 2.75) is 38.5 Å². The number of hydrogen-bond acceptors (Lipinski definition) is 4. The third-order valence-corrected chi connectivity index (χ3v) is 4.99. The molecule has 0 spiro atoms. The van der Waals surface area contributed by atoms with Crippen molar-refractivity contribution in [3.05, 3.63) is 18.3 Å². The molecule has 0 aromatic carbocycles. The minimum atomic E-state index is 0.131. The first-order chi connectivity index (χ1) is 10.8. The molecule has 5 nitrogen and oxygen atoms in total. The molecule has 1 aliphatic heterocycles. The van der Waals surface area contributed by atoms with E-state index < -0.39 is 0 Å². The molecule has 1 saturated carbocycles. The van der Waals surface area contributed by atoms with Crippen LogP contribution in [0.25, 0.3) is 0 Å². The van der Waals surface area contributed by atoms with Crippen molar-refractivity contribution < 1.29 is 4.79 Å². The minimum absolute atomic E-state index is 0.131. The third-order valence-electron chi connectivity index (χ3n) is 4.99. The number of rotatable bonds is 4. The first-order valence-corrected chi connectivity index (χ1v) is 8.48. The van der Waals surface area contributed by atoms with Gasteiger partial charge in [0.05, 0.1) is 0 Å². The molecule has 1 amide bonds. The average molecular weight is 302 g/mol. The van der Waals surface area contributed by atoms with Crippen molar-refractivity contribution >= 4 is 17.4 Å². The summed E-state index contributed by atoms with van der Waals surface area (Å²) < 4.78 is 0. The van der Waals surface area contributed by atoms with Gasteiger partial charge in [-0.25, -0.2) is 4.98 Å². The maximum atomic E-state index is 12.4. The number of nitrogens with two attached hydrogens (primary N) is 1. The van der Waals surface area contributed by atoms with E-state index in [0.717, 1.165) is 56.8 Å². The molecule has 22 heavy (non-hydrogen) atoms. The molecule has 5 heteroatoms. The smallest absolute Gasteiger partial charge is 0.227 e. The second kappa shape index (κ2) is 7.09. The van der Waals surface area contributed by atoms with E-state index in [9.17, 15) is 4.79 Å². The summed E-state index contributed by atoms with van der Waals surface area (Å²) in [5.41, 5.74) is 6.58. The van der Waals surface area contributed by atoms with Gasteiger partial charge in [-0.05, 0) is 57.1 Å². The van der Waals surface area contributed by atoms with Crippen LogP contribution in [0.4, 0.5) is 11.5 Å². The largest absolute Gasteiger partial charge is 0.357 e. The Morgan fingerprint density at radius 2 is 2.00 bits per heavy atom. The van der Waals surface area contributed by atoms with Crippen LogP contribution in [0, 0.1) is 11.8 Å². The first-order valence-electron chi connectivity index (χ1n) is 8.48. The van der Waals surface area contributed by atoms with Gasteiger partial charge in [0.2, 0.25) is 5.91 Å². The molecule has 0 radical (unpaired) electrons. The zero-order valence-electron chi connectivity index (χ0n) is 13.1. The Morgan fingerprint density at radius 3 is 2.68 bits per heavy atom. The first kappa shape index (κ1) is 15.3. The van der Waals surface area contributed by atoms with Gasteiger partial charge in [-0.1, -0.05) is 0 Å². The Bertz CT molecular complexity index is 505. The molecule has 1 aliphatic carbocycles. The van der Waals surface area contributed by atoms with Crippen LogP contribution in [0.3, 0.4) is 0 Å². The lowest BCUT2D eigenvalue weighted by atomic mass is 9.81. The topological polar surface area (TPSA) is 71.2 Å². The molecule has 2 fully saturated rings. The Balaban J connectivity index is 1.58. The molecule has 3 rings (SSSR count). The quantitative estimate of drug-likeness (QED) is 0.896. The van der Waals surface area contributed by atoms with Crippen LogP contribution in [0.15, 0.2) is 18.3 Å². The van der Waals surface area contributed by atoms with Crippen LogP contribution in [0.5, 0.6) is 0 Å². The fraction of sp³-hybridized carbons (Fsp3) is 0.647. The predicted molar refractivity (Wildman–Crippen MR) is 88.8 cm³/mol. The fourth-order valence-electron chi connectivity index (χ4n) is 3.52. The van der Waals surface area contributed by atoms with E-state index in [-0.39, 0.29) is 11.8 Å². The van der Waals surface area contributed by atoms with E-state index in [1.807, 2.05) is 12.1 Å². The summed E-state index contributed by atoms with van der Waals surface area (Å²) in [5, 5.41) is 3.07. The predicted octanol–water partition coefficient (Wildman–Crippen LogP) is 2.39. The van der Waals surface area contributed by atoms with Crippen molar-refractivity contribution in [2.24, 2.45) is 17.6 Å². The standard InChI is InChI=1S/C17H26N4O/c18-12-13-3-5-14(6-4-13)17(22)20-15-7-8-19-16(11-15)21-9-1-2-10-21/h7-8,11,13-14H,1-6,9-10,12,18H2,(H,19,20,22). The Kier molecular flexibility index (Phi) is 4.93. The third kappa shape index (κ3) is 3.58. The number of nitrogens with one attached hydrogen (secondary N) is 1. The van der Waals surface area contributed by atoms with E-state index in [1.54, 1.807) is 6.20 Å². The molecule has 1 aromatic heterocycles. The average Bonchev–Trinajstić information content (AvgIpc) is 3.10. The van der Waals surface area contributed by atoms with Gasteiger partial charge < -0.3 is 16.0 Å². The number of carbonyl (C=O) groups is 1. The summed E-state index contributed by atoms with van der Waals surface area (Å²) in [6, 6.07) is 3.87. The lowest BCUT2D eigenvalue weighted by molar-refractivity contribution is -0.121. The van der Waals surface area contributed by atoms with Gasteiger partial charge in [0.1, 0.15) is 5.82 Å². The lowest BCUT2D eigenvalue weighted by Gasteiger charge is -2.26. The molecule has 0 unspecified atom stereocenters. The summed E-state index contributed by atoms with van der Waals surface area (Å²) in [4.78, 5) is 19.1. The van der Waals surface area contributed by atoms with Gasteiger partial charge in [0, 0.05) is 37.0 Å². The zero-order chi connectivity index (χ0) is 15.4. The number of hydrogen-bond donors (Lipinski definition) is 2. The van der Waals surface area contributed by atoms with Crippen LogP contribution < -0.4 is 16.0 Å². The number of aromatic nitrogens is 1. The molecule has 1 saturated heterocycles. The van der Waals surface area contributed by atoms with Gasteiger partial charge in [0.15, 0.2) is 0 Å². The molecular weight excluding hydrogens is 276 g/mol. The van der Waals surface area contributed by atoms with Crippen molar-refractivity contribution in [2.75, 3.05) is 29.9 Å². The lowest BCUT2D eigenvalue weighted by Crippen LogP contribution is -2.29. The van der Waals surface area contributed by atoms with Crippen molar-refractivity contribution in [1.82, 2.24) is 4.98 Å². The van der Waals surface area contributed by atoms with Crippen molar-refractivity contribution in [3.63, 3.8) is 0 Å². The summed E-state index contributed by atoms with van der Waals surface area (Å²) in [7, 11) is 0. The highest BCUT2D eigenvalue weighted by atomic mass is 16.1. The van der Waals surface area contributed by atoms with E-state index >= 15 is 0 Å². The fourth-order valence-corrected chi connectivity index (χ4v) is 3.52. The second-order valence-electron chi connectivity index (χ2n) is 6.54. The maximum absolute atomic E-state index is 12.4. The van der Waals surface area contributed by atoms with E-state index in [0.29, 0.717) is 5.92 Å². The van der Waals surface area contributed by atoms with Gasteiger partial charge in [-0.15, -0.1) is 0 Å². The summed E-state index contributed by atoms with van der Waals surface area (Å²) in [6.45, 7) is 2.87. The number of anilines is 2.